The molecule has 0 unspecified atom stereocenters. The second kappa shape index (κ2) is 6.06. The summed E-state index contributed by atoms with van der Waals surface area (Å²) in [7, 11) is 0. The largest absolute Gasteiger partial charge is 0.399 e. The summed E-state index contributed by atoms with van der Waals surface area (Å²) in [6.07, 6.45) is 5.09. The molecule has 2 heterocycles. The van der Waals surface area contributed by atoms with E-state index in [1.807, 2.05) is 28.9 Å². The Bertz CT molecular complexity index is 944. The van der Waals surface area contributed by atoms with E-state index in [2.05, 4.69) is 16.0 Å². The summed E-state index contributed by atoms with van der Waals surface area (Å²) in [5.41, 5.74) is 15.1. The Hall–Kier alpha value is -3.14. The SMILES string of the molecule is N#CC1CCC(n2nc(-c3ccc(N)cc3)c3c(N)ncnc32)CC1. The van der Waals surface area contributed by atoms with Crippen molar-refractivity contribution >= 4 is 22.5 Å². The predicted octanol–water partition coefficient (Wildman–Crippen LogP) is 2.91. The van der Waals surface area contributed by atoms with E-state index in [4.69, 9.17) is 21.8 Å². The van der Waals surface area contributed by atoms with Crippen LogP contribution in [0, 0.1) is 17.2 Å². The minimum Gasteiger partial charge on any atom is -0.399 e. The summed E-state index contributed by atoms with van der Waals surface area (Å²) in [6, 6.07) is 10.2. The average Bonchev–Trinajstić information content (AvgIpc) is 3.03. The molecule has 126 valence electrons. The number of rotatable bonds is 2. The Kier molecular flexibility index (Phi) is 3.73. The van der Waals surface area contributed by atoms with E-state index >= 15 is 0 Å². The maximum atomic E-state index is 9.11. The Morgan fingerprint density at radius 1 is 1.04 bits per heavy atom. The lowest BCUT2D eigenvalue weighted by Gasteiger charge is -2.25. The number of nitriles is 1. The van der Waals surface area contributed by atoms with E-state index in [1.165, 1.54) is 6.33 Å². The van der Waals surface area contributed by atoms with Crippen LogP contribution >= 0.6 is 0 Å². The Morgan fingerprint density at radius 2 is 1.76 bits per heavy atom. The number of hydrogen-bond acceptors (Lipinski definition) is 6. The third-order valence-corrected chi connectivity index (χ3v) is 4.93. The molecule has 3 aromatic rings. The van der Waals surface area contributed by atoms with Crippen molar-refractivity contribution < 1.29 is 0 Å². The van der Waals surface area contributed by atoms with Crippen molar-refractivity contribution in [3.8, 4) is 17.3 Å². The molecule has 1 aliphatic carbocycles. The van der Waals surface area contributed by atoms with Gasteiger partial charge in [0.1, 0.15) is 17.8 Å². The Labute approximate surface area is 145 Å². The molecule has 1 saturated carbocycles. The first kappa shape index (κ1) is 15.4. The van der Waals surface area contributed by atoms with Gasteiger partial charge in [0.2, 0.25) is 0 Å². The number of fused-ring (bicyclic) bond motifs is 1. The second-order valence-corrected chi connectivity index (χ2v) is 6.51. The van der Waals surface area contributed by atoms with Crippen LogP contribution in [0.1, 0.15) is 31.7 Å². The molecule has 0 aliphatic heterocycles. The van der Waals surface area contributed by atoms with Crippen LogP contribution in [0.15, 0.2) is 30.6 Å². The first-order chi connectivity index (χ1) is 12.2. The van der Waals surface area contributed by atoms with Gasteiger partial charge in [-0.3, -0.25) is 0 Å². The average molecular weight is 333 g/mol. The number of nitrogens with two attached hydrogens (primary N) is 2. The van der Waals surface area contributed by atoms with Gasteiger partial charge in [-0.05, 0) is 37.8 Å². The van der Waals surface area contributed by atoms with Crippen LogP contribution in [0.25, 0.3) is 22.3 Å². The van der Waals surface area contributed by atoms with Gasteiger partial charge in [0.25, 0.3) is 0 Å². The molecule has 0 spiro atoms. The summed E-state index contributed by atoms with van der Waals surface area (Å²) in [6.45, 7) is 0. The summed E-state index contributed by atoms with van der Waals surface area (Å²) in [5, 5.41) is 14.7. The summed E-state index contributed by atoms with van der Waals surface area (Å²) < 4.78 is 1.96. The number of benzene rings is 1. The van der Waals surface area contributed by atoms with Crippen molar-refractivity contribution in [1.82, 2.24) is 19.7 Å². The van der Waals surface area contributed by atoms with Gasteiger partial charge in [-0.1, -0.05) is 12.1 Å². The van der Waals surface area contributed by atoms with Crippen LogP contribution in [0.4, 0.5) is 11.5 Å². The van der Waals surface area contributed by atoms with Gasteiger partial charge >= 0.3 is 0 Å². The van der Waals surface area contributed by atoms with Crippen molar-refractivity contribution in [2.75, 3.05) is 11.5 Å². The lowest BCUT2D eigenvalue weighted by molar-refractivity contribution is 0.300. The molecule has 1 aromatic carbocycles. The first-order valence-corrected chi connectivity index (χ1v) is 8.41. The van der Waals surface area contributed by atoms with Crippen molar-refractivity contribution in [3.63, 3.8) is 0 Å². The minimum absolute atomic E-state index is 0.148. The number of aromatic nitrogens is 4. The minimum atomic E-state index is 0.148. The highest BCUT2D eigenvalue weighted by molar-refractivity contribution is 5.98. The molecule has 0 bridgehead atoms. The molecular weight excluding hydrogens is 314 g/mol. The van der Waals surface area contributed by atoms with Gasteiger partial charge in [-0.2, -0.15) is 10.4 Å². The number of hydrogen-bond donors (Lipinski definition) is 2. The van der Waals surface area contributed by atoms with Crippen molar-refractivity contribution in [3.05, 3.63) is 30.6 Å². The normalized spacial score (nSPS) is 20.4. The zero-order valence-electron chi connectivity index (χ0n) is 13.8. The van der Waals surface area contributed by atoms with Crippen LogP contribution in [0.5, 0.6) is 0 Å². The third kappa shape index (κ3) is 2.66. The fraction of sp³-hybridized carbons (Fsp3) is 0.333. The summed E-state index contributed by atoms with van der Waals surface area (Å²) >= 11 is 0. The molecule has 0 saturated heterocycles. The topological polar surface area (TPSA) is 119 Å². The Balaban J connectivity index is 1.82. The summed E-state index contributed by atoms with van der Waals surface area (Å²) in [4.78, 5) is 8.58. The lowest BCUT2D eigenvalue weighted by Crippen LogP contribution is -2.18. The predicted molar refractivity (Wildman–Crippen MR) is 96.2 cm³/mol. The maximum Gasteiger partial charge on any atom is 0.164 e. The van der Waals surface area contributed by atoms with E-state index in [0.717, 1.165) is 48.0 Å². The molecular formula is C18H19N7. The van der Waals surface area contributed by atoms with Crippen LogP contribution in [0.3, 0.4) is 0 Å². The fourth-order valence-electron chi connectivity index (χ4n) is 3.54. The molecule has 7 nitrogen and oxygen atoms in total. The van der Waals surface area contributed by atoms with Crippen molar-refractivity contribution in [1.29, 1.82) is 5.26 Å². The van der Waals surface area contributed by atoms with Gasteiger partial charge in [0, 0.05) is 17.2 Å². The molecule has 0 amide bonds. The van der Waals surface area contributed by atoms with Crippen molar-refractivity contribution in [2.45, 2.75) is 31.7 Å². The smallest absolute Gasteiger partial charge is 0.164 e. The third-order valence-electron chi connectivity index (χ3n) is 4.93. The molecule has 7 heteroatoms. The molecule has 2 aromatic heterocycles. The molecule has 0 atom stereocenters. The van der Waals surface area contributed by atoms with E-state index in [1.54, 1.807) is 0 Å². The van der Waals surface area contributed by atoms with Crippen LogP contribution < -0.4 is 11.5 Å². The highest BCUT2D eigenvalue weighted by Crippen LogP contribution is 2.37. The van der Waals surface area contributed by atoms with Gasteiger partial charge in [-0.25, -0.2) is 14.6 Å². The molecule has 4 N–H and O–H groups in total. The van der Waals surface area contributed by atoms with Crippen LogP contribution in [0.2, 0.25) is 0 Å². The fourth-order valence-corrected chi connectivity index (χ4v) is 3.54. The zero-order chi connectivity index (χ0) is 17.4. The number of nitrogen functional groups attached to an aromatic ring is 2. The number of anilines is 2. The van der Waals surface area contributed by atoms with E-state index < -0.39 is 0 Å². The van der Waals surface area contributed by atoms with Crippen LogP contribution in [-0.2, 0) is 0 Å². The highest BCUT2D eigenvalue weighted by atomic mass is 15.3. The van der Waals surface area contributed by atoms with E-state index in [0.29, 0.717) is 11.5 Å². The molecule has 0 radical (unpaired) electrons. The van der Waals surface area contributed by atoms with Crippen LogP contribution in [-0.4, -0.2) is 19.7 Å². The van der Waals surface area contributed by atoms with Gasteiger partial charge in [0.15, 0.2) is 5.65 Å². The monoisotopic (exact) mass is 333 g/mol. The molecule has 1 fully saturated rings. The Morgan fingerprint density at radius 3 is 2.44 bits per heavy atom. The van der Waals surface area contributed by atoms with E-state index in [-0.39, 0.29) is 12.0 Å². The van der Waals surface area contributed by atoms with Gasteiger partial charge in [-0.15, -0.1) is 0 Å². The molecule has 25 heavy (non-hydrogen) atoms. The van der Waals surface area contributed by atoms with Gasteiger partial charge < -0.3 is 11.5 Å². The standard InChI is InChI=1S/C18H19N7/c19-9-11-1-7-14(8-2-11)25-18-15(17(21)22-10-23-18)16(24-25)12-3-5-13(20)6-4-12/h3-6,10-11,14H,1-2,7-8,20H2,(H2,21,22,23). The highest BCUT2D eigenvalue weighted by Gasteiger charge is 2.26. The number of nitrogens with zero attached hydrogens (tertiary/aromatic N) is 5. The molecule has 4 rings (SSSR count). The molecule has 1 aliphatic rings. The van der Waals surface area contributed by atoms with Crippen molar-refractivity contribution in [2.24, 2.45) is 5.92 Å². The zero-order valence-corrected chi connectivity index (χ0v) is 13.8. The van der Waals surface area contributed by atoms with E-state index in [9.17, 15) is 0 Å². The first-order valence-electron chi connectivity index (χ1n) is 8.41. The van der Waals surface area contributed by atoms with Gasteiger partial charge in [0.05, 0.1) is 17.5 Å². The lowest BCUT2D eigenvalue weighted by atomic mass is 9.87. The quantitative estimate of drug-likeness (QED) is 0.696. The summed E-state index contributed by atoms with van der Waals surface area (Å²) in [5.74, 6) is 0.572. The maximum absolute atomic E-state index is 9.11. The second-order valence-electron chi connectivity index (χ2n) is 6.51.